The molecule has 1 aromatic heterocycles. The number of benzene rings is 2. The highest BCUT2D eigenvalue weighted by Crippen LogP contribution is 2.25. The van der Waals surface area contributed by atoms with Crippen molar-refractivity contribution in [3.05, 3.63) is 58.9 Å². The topological polar surface area (TPSA) is 112 Å². The third kappa shape index (κ3) is 4.61. The van der Waals surface area contributed by atoms with Crippen LogP contribution in [0.15, 0.2) is 51.9 Å². The smallest absolute Gasteiger partial charge is 0.338 e. The second-order valence-corrected chi connectivity index (χ2v) is 8.78. The van der Waals surface area contributed by atoms with Crippen molar-refractivity contribution in [2.24, 2.45) is 0 Å². The van der Waals surface area contributed by atoms with Crippen LogP contribution < -0.4 is 4.74 Å². The average molecular weight is 452 g/mol. The number of hydrogen-bond donors (Lipinski definition) is 0. The molecule has 0 aliphatic heterocycles. The van der Waals surface area contributed by atoms with E-state index in [0.29, 0.717) is 11.3 Å². The predicted octanol–water partition coefficient (Wildman–Crippen LogP) is 3.01. The maximum Gasteiger partial charge on any atom is 0.338 e. The number of halogens is 1. The number of carbonyl (C=O) groups excluding carboxylic acids is 1. The van der Waals surface area contributed by atoms with Gasteiger partial charge in [0.25, 0.3) is 5.89 Å². The molecule has 0 aliphatic rings. The van der Waals surface area contributed by atoms with E-state index in [4.69, 9.17) is 25.6 Å². The normalized spacial score (nSPS) is 11.5. The Balaban J connectivity index is 1.71. The molecule has 30 heavy (non-hydrogen) atoms. The van der Waals surface area contributed by atoms with Gasteiger partial charge in [0.2, 0.25) is 15.8 Å². The first-order valence-electron chi connectivity index (χ1n) is 8.58. The lowest BCUT2D eigenvalue weighted by Gasteiger charge is -2.13. The van der Waals surface area contributed by atoms with E-state index in [0.717, 1.165) is 4.31 Å². The first-order valence-corrected chi connectivity index (χ1v) is 10.4. The summed E-state index contributed by atoms with van der Waals surface area (Å²) in [5.74, 6) is 0.350. The molecule has 2 aromatic carbocycles. The van der Waals surface area contributed by atoms with Gasteiger partial charge in [-0.05, 0) is 42.5 Å². The fraction of sp³-hybridized carbons (Fsp3) is 0.211. The number of hydrogen-bond acceptors (Lipinski definition) is 8. The van der Waals surface area contributed by atoms with Gasteiger partial charge in [-0.1, -0.05) is 16.8 Å². The zero-order chi connectivity index (χ0) is 21.9. The lowest BCUT2D eigenvalue weighted by Crippen LogP contribution is -2.23. The molecule has 0 unspecified atom stereocenters. The highest BCUT2D eigenvalue weighted by atomic mass is 35.5. The van der Waals surface area contributed by atoms with Crippen molar-refractivity contribution in [1.29, 1.82) is 0 Å². The van der Waals surface area contributed by atoms with E-state index in [2.05, 4.69) is 10.1 Å². The molecule has 0 bridgehead atoms. The summed E-state index contributed by atoms with van der Waals surface area (Å²) in [7, 11) is 0.482. The van der Waals surface area contributed by atoms with Crippen LogP contribution >= 0.6 is 11.6 Å². The van der Waals surface area contributed by atoms with E-state index in [-0.39, 0.29) is 33.8 Å². The molecule has 0 fully saturated rings. The summed E-state index contributed by atoms with van der Waals surface area (Å²) < 4.78 is 41.1. The number of nitrogens with zero attached hydrogens (tertiary/aromatic N) is 3. The van der Waals surface area contributed by atoms with Crippen LogP contribution in [0, 0.1) is 0 Å². The van der Waals surface area contributed by atoms with Crippen LogP contribution in [0.4, 0.5) is 0 Å². The van der Waals surface area contributed by atoms with E-state index < -0.39 is 16.0 Å². The Morgan fingerprint density at radius 3 is 2.50 bits per heavy atom. The molecule has 158 valence electrons. The average Bonchev–Trinajstić information content (AvgIpc) is 3.21. The Hall–Kier alpha value is -2.95. The summed E-state index contributed by atoms with van der Waals surface area (Å²) in [6, 6.07) is 10.9. The summed E-state index contributed by atoms with van der Waals surface area (Å²) in [6.45, 7) is -0.253. The van der Waals surface area contributed by atoms with Gasteiger partial charge in [0.05, 0.1) is 17.7 Å². The number of methoxy groups -OCH3 is 1. The summed E-state index contributed by atoms with van der Waals surface area (Å²) in [6.07, 6.45) is 0. The third-order valence-electron chi connectivity index (χ3n) is 4.06. The van der Waals surface area contributed by atoms with Gasteiger partial charge in [-0.25, -0.2) is 17.5 Å². The largest absolute Gasteiger partial charge is 0.497 e. The molecule has 9 nitrogen and oxygen atoms in total. The Morgan fingerprint density at radius 2 is 1.87 bits per heavy atom. The number of sulfonamides is 1. The van der Waals surface area contributed by atoms with Gasteiger partial charge in [-0.3, -0.25) is 0 Å². The zero-order valence-corrected chi connectivity index (χ0v) is 17.9. The number of aromatic nitrogens is 2. The number of ether oxygens (including phenoxy) is 2. The van der Waals surface area contributed by atoms with Gasteiger partial charge >= 0.3 is 5.97 Å². The fourth-order valence-corrected chi connectivity index (χ4v) is 3.80. The van der Waals surface area contributed by atoms with Gasteiger partial charge in [0.1, 0.15) is 10.6 Å². The third-order valence-corrected chi connectivity index (χ3v) is 6.36. The van der Waals surface area contributed by atoms with Crippen LogP contribution in [0.1, 0.15) is 16.2 Å². The molecular weight excluding hydrogens is 434 g/mol. The van der Waals surface area contributed by atoms with Gasteiger partial charge in [-0.15, -0.1) is 0 Å². The Bertz CT molecular complexity index is 1160. The van der Waals surface area contributed by atoms with E-state index in [1.54, 1.807) is 31.4 Å². The monoisotopic (exact) mass is 451 g/mol. The van der Waals surface area contributed by atoms with Crippen molar-refractivity contribution in [3.63, 3.8) is 0 Å². The Morgan fingerprint density at radius 1 is 1.17 bits per heavy atom. The zero-order valence-electron chi connectivity index (χ0n) is 16.3. The van der Waals surface area contributed by atoms with Gasteiger partial charge in [0.15, 0.2) is 6.61 Å². The number of rotatable bonds is 7. The number of carbonyl (C=O) groups is 1. The maximum atomic E-state index is 12.4. The molecule has 0 amide bonds. The molecule has 0 aliphatic carbocycles. The standard InChI is InChI=1S/C19H18ClN3O6S/c1-23(2)30(25,26)16-10-13(6-9-15(16)20)19(24)28-11-17-21-18(29-22-17)12-4-7-14(27-3)8-5-12/h4-10H,11H2,1-3H3. The van der Waals surface area contributed by atoms with Crippen LogP contribution in [0.2, 0.25) is 5.02 Å². The molecule has 0 radical (unpaired) electrons. The Labute approximate surface area is 178 Å². The lowest BCUT2D eigenvalue weighted by molar-refractivity contribution is 0.0459. The first-order chi connectivity index (χ1) is 14.2. The first kappa shape index (κ1) is 21.8. The van der Waals surface area contributed by atoms with Crippen LogP contribution in [0.25, 0.3) is 11.5 Å². The van der Waals surface area contributed by atoms with Gasteiger partial charge in [-0.2, -0.15) is 4.98 Å². The molecular formula is C19H18ClN3O6S. The van der Waals surface area contributed by atoms with Crippen molar-refractivity contribution in [2.45, 2.75) is 11.5 Å². The summed E-state index contributed by atoms with van der Waals surface area (Å²) in [5, 5.41) is 3.78. The molecule has 3 aromatic rings. The summed E-state index contributed by atoms with van der Waals surface area (Å²) in [5.41, 5.74) is 0.704. The minimum atomic E-state index is -3.82. The minimum absolute atomic E-state index is 0.00236. The quantitative estimate of drug-likeness (QED) is 0.504. The molecule has 3 rings (SSSR count). The molecule has 0 atom stereocenters. The van der Waals surface area contributed by atoms with E-state index in [1.165, 1.54) is 32.3 Å². The SMILES string of the molecule is COc1ccc(-c2nc(COC(=O)c3ccc(Cl)c(S(=O)(=O)N(C)C)c3)no2)cc1. The van der Waals surface area contributed by atoms with Crippen LogP contribution in [0.5, 0.6) is 5.75 Å². The van der Waals surface area contributed by atoms with Crippen molar-refractivity contribution in [3.8, 4) is 17.2 Å². The summed E-state index contributed by atoms with van der Waals surface area (Å²) in [4.78, 5) is 16.3. The molecule has 0 saturated heterocycles. The lowest BCUT2D eigenvalue weighted by atomic mass is 10.2. The Kier molecular flexibility index (Phi) is 6.40. The van der Waals surface area contributed by atoms with Crippen molar-refractivity contribution in [2.75, 3.05) is 21.2 Å². The minimum Gasteiger partial charge on any atom is -0.497 e. The number of esters is 1. The van der Waals surface area contributed by atoms with E-state index >= 15 is 0 Å². The predicted molar refractivity (Wildman–Crippen MR) is 108 cm³/mol. The molecule has 11 heteroatoms. The van der Waals surface area contributed by atoms with Crippen molar-refractivity contribution >= 4 is 27.6 Å². The van der Waals surface area contributed by atoms with Crippen LogP contribution in [-0.2, 0) is 21.4 Å². The molecule has 0 spiro atoms. The van der Waals surface area contributed by atoms with E-state index in [9.17, 15) is 13.2 Å². The molecule has 0 N–H and O–H groups in total. The van der Waals surface area contributed by atoms with Crippen LogP contribution in [-0.4, -0.2) is 50.0 Å². The van der Waals surface area contributed by atoms with E-state index in [1.807, 2.05) is 0 Å². The molecule has 0 saturated carbocycles. The summed E-state index contributed by atoms with van der Waals surface area (Å²) >= 11 is 5.98. The van der Waals surface area contributed by atoms with Crippen molar-refractivity contribution < 1.29 is 27.2 Å². The molecule has 1 heterocycles. The van der Waals surface area contributed by atoms with Gasteiger partial charge in [0, 0.05) is 19.7 Å². The maximum absolute atomic E-state index is 12.4. The second kappa shape index (κ2) is 8.82. The highest BCUT2D eigenvalue weighted by Gasteiger charge is 2.23. The van der Waals surface area contributed by atoms with Gasteiger partial charge < -0.3 is 14.0 Å². The second-order valence-electron chi connectivity index (χ2n) is 6.25. The fourth-order valence-electron chi connectivity index (χ4n) is 2.40. The van der Waals surface area contributed by atoms with Crippen LogP contribution in [0.3, 0.4) is 0 Å². The van der Waals surface area contributed by atoms with Crippen molar-refractivity contribution in [1.82, 2.24) is 14.4 Å². The highest BCUT2D eigenvalue weighted by molar-refractivity contribution is 7.89.